The average Bonchev–Trinajstić information content (AvgIpc) is 3.11. The highest BCUT2D eigenvalue weighted by Crippen LogP contribution is 2.45. The fraction of sp³-hybridized carbons (Fsp3) is 0.750. The molecule has 2 fully saturated rings. The number of hydrazone groups is 1. The quantitative estimate of drug-likeness (QED) is 0.847. The van der Waals surface area contributed by atoms with Crippen LogP contribution in [-0.4, -0.2) is 32.6 Å². The molecule has 4 heteroatoms. The molecule has 2 heterocycles. The number of aromatic nitrogens is 2. The predicted octanol–water partition coefficient (Wildman–Crippen LogP) is 2.92. The van der Waals surface area contributed by atoms with Gasteiger partial charge in [-0.3, -0.25) is 9.69 Å². The van der Waals surface area contributed by atoms with Crippen LogP contribution in [0.4, 0.5) is 0 Å². The van der Waals surface area contributed by atoms with Crippen LogP contribution < -0.4 is 0 Å². The molecule has 2 aliphatic carbocycles. The van der Waals surface area contributed by atoms with Gasteiger partial charge in [0.1, 0.15) is 0 Å². The summed E-state index contributed by atoms with van der Waals surface area (Å²) >= 11 is 0. The Bertz CT molecular complexity index is 528. The smallest absolute Gasteiger partial charge is 0.0561 e. The standard InChI is InChI=1S/C16H24N4/c1-3-14-13-7-4-11(15-8-9-17-19(15)2)10-16(13)20(18-14)12-5-6-12/h8-9,11-13,16H,3-7,10H2,1-2H3. The van der Waals surface area contributed by atoms with Gasteiger partial charge in [-0.25, -0.2) is 0 Å². The van der Waals surface area contributed by atoms with Crippen LogP contribution in [0.2, 0.25) is 0 Å². The third-order valence-electron chi connectivity index (χ3n) is 5.39. The highest BCUT2D eigenvalue weighted by Gasteiger charge is 2.46. The van der Waals surface area contributed by atoms with Gasteiger partial charge in [0.05, 0.1) is 6.04 Å². The monoisotopic (exact) mass is 272 g/mol. The fourth-order valence-electron chi connectivity index (χ4n) is 4.20. The Hall–Kier alpha value is -1.32. The van der Waals surface area contributed by atoms with Crippen LogP contribution in [-0.2, 0) is 7.05 Å². The van der Waals surface area contributed by atoms with E-state index in [0.29, 0.717) is 12.0 Å². The van der Waals surface area contributed by atoms with E-state index in [9.17, 15) is 0 Å². The summed E-state index contributed by atoms with van der Waals surface area (Å²) in [6.07, 6.45) is 9.60. The molecule has 0 saturated heterocycles. The van der Waals surface area contributed by atoms with Crippen molar-refractivity contribution in [2.24, 2.45) is 18.1 Å². The van der Waals surface area contributed by atoms with Gasteiger partial charge in [0.2, 0.25) is 0 Å². The number of fused-ring (bicyclic) bond motifs is 1. The Kier molecular flexibility index (Phi) is 2.86. The predicted molar refractivity (Wildman–Crippen MR) is 79.7 cm³/mol. The van der Waals surface area contributed by atoms with E-state index >= 15 is 0 Å². The molecule has 3 aliphatic rings. The summed E-state index contributed by atoms with van der Waals surface area (Å²) in [5.74, 6) is 1.39. The number of hydrogen-bond donors (Lipinski definition) is 0. The van der Waals surface area contributed by atoms with Crippen LogP contribution in [0.5, 0.6) is 0 Å². The lowest BCUT2D eigenvalue weighted by atomic mass is 9.75. The second-order valence-corrected chi connectivity index (χ2v) is 6.62. The topological polar surface area (TPSA) is 33.4 Å². The minimum Gasteiger partial charge on any atom is -0.290 e. The minimum atomic E-state index is 0.658. The molecule has 3 atom stereocenters. The third-order valence-corrected chi connectivity index (χ3v) is 5.39. The van der Waals surface area contributed by atoms with Crippen molar-refractivity contribution < 1.29 is 0 Å². The average molecular weight is 272 g/mol. The lowest BCUT2D eigenvalue weighted by molar-refractivity contribution is 0.142. The first-order valence-corrected chi connectivity index (χ1v) is 8.11. The molecular formula is C16H24N4. The number of hydrogen-bond acceptors (Lipinski definition) is 3. The van der Waals surface area contributed by atoms with Gasteiger partial charge in [-0.05, 0) is 44.6 Å². The zero-order chi connectivity index (χ0) is 13.7. The molecule has 2 saturated carbocycles. The van der Waals surface area contributed by atoms with Crippen LogP contribution in [0.25, 0.3) is 0 Å². The molecule has 0 spiro atoms. The maximum absolute atomic E-state index is 4.98. The Labute approximate surface area is 120 Å². The number of nitrogens with zero attached hydrogens (tertiary/aromatic N) is 4. The zero-order valence-corrected chi connectivity index (χ0v) is 12.5. The fourth-order valence-corrected chi connectivity index (χ4v) is 4.20. The van der Waals surface area contributed by atoms with Gasteiger partial charge < -0.3 is 0 Å². The first kappa shape index (κ1) is 12.4. The molecule has 0 bridgehead atoms. The van der Waals surface area contributed by atoms with E-state index in [1.807, 2.05) is 6.20 Å². The van der Waals surface area contributed by atoms with Crippen LogP contribution in [0.3, 0.4) is 0 Å². The summed E-state index contributed by atoms with van der Waals surface area (Å²) in [4.78, 5) is 0. The van der Waals surface area contributed by atoms with E-state index in [4.69, 9.17) is 5.10 Å². The van der Waals surface area contributed by atoms with E-state index in [1.54, 1.807) is 0 Å². The molecule has 0 N–H and O–H groups in total. The van der Waals surface area contributed by atoms with Crippen molar-refractivity contribution in [2.45, 2.75) is 63.5 Å². The van der Waals surface area contributed by atoms with Crippen LogP contribution in [0.1, 0.15) is 57.1 Å². The van der Waals surface area contributed by atoms with Crippen molar-refractivity contribution in [1.29, 1.82) is 0 Å². The van der Waals surface area contributed by atoms with Crippen molar-refractivity contribution >= 4 is 5.71 Å². The van der Waals surface area contributed by atoms with Crippen LogP contribution in [0.15, 0.2) is 17.4 Å². The second-order valence-electron chi connectivity index (χ2n) is 6.62. The Morgan fingerprint density at radius 3 is 2.75 bits per heavy atom. The molecule has 1 aliphatic heterocycles. The van der Waals surface area contributed by atoms with E-state index in [-0.39, 0.29) is 0 Å². The normalized spacial score (nSPS) is 33.2. The third kappa shape index (κ3) is 1.88. The molecular weight excluding hydrogens is 248 g/mol. The highest BCUT2D eigenvalue weighted by atomic mass is 15.5. The van der Waals surface area contributed by atoms with Gasteiger partial charge in [-0.1, -0.05) is 6.92 Å². The largest absolute Gasteiger partial charge is 0.290 e. The molecule has 1 aromatic rings. The maximum Gasteiger partial charge on any atom is 0.0561 e. The molecule has 1 aromatic heterocycles. The lowest BCUT2D eigenvalue weighted by Crippen LogP contribution is -2.39. The molecule has 0 radical (unpaired) electrons. The molecule has 0 amide bonds. The summed E-state index contributed by atoms with van der Waals surface area (Å²) in [7, 11) is 2.07. The van der Waals surface area contributed by atoms with Gasteiger partial charge in [0.25, 0.3) is 0 Å². The SMILES string of the molecule is CCC1=NN(C2CC2)C2CC(c3ccnn3C)CCC12. The first-order valence-electron chi connectivity index (χ1n) is 8.11. The van der Waals surface area contributed by atoms with Gasteiger partial charge in [-0.15, -0.1) is 0 Å². The molecule has 3 unspecified atom stereocenters. The zero-order valence-electron chi connectivity index (χ0n) is 12.5. The Morgan fingerprint density at radius 1 is 1.25 bits per heavy atom. The summed E-state index contributed by atoms with van der Waals surface area (Å²) in [5, 5.41) is 11.8. The molecule has 20 heavy (non-hydrogen) atoms. The van der Waals surface area contributed by atoms with Gasteiger partial charge in [0.15, 0.2) is 0 Å². The van der Waals surface area contributed by atoms with E-state index in [1.165, 1.54) is 43.5 Å². The molecule has 108 valence electrons. The Morgan fingerprint density at radius 2 is 2.10 bits per heavy atom. The van der Waals surface area contributed by atoms with Crippen LogP contribution >= 0.6 is 0 Å². The maximum atomic E-state index is 4.98. The minimum absolute atomic E-state index is 0.658. The molecule has 4 nitrogen and oxygen atoms in total. The second kappa shape index (κ2) is 4.61. The molecule has 4 rings (SSSR count). The van der Waals surface area contributed by atoms with Gasteiger partial charge >= 0.3 is 0 Å². The summed E-state index contributed by atoms with van der Waals surface area (Å²) in [5.41, 5.74) is 2.87. The first-order chi connectivity index (χ1) is 9.78. The number of rotatable bonds is 3. The van der Waals surface area contributed by atoms with E-state index in [0.717, 1.165) is 18.4 Å². The van der Waals surface area contributed by atoms with E-state index in [2.05, 4.69) is 34.8 Å². The van der Waals surface area contributed by atoms with Crippen molar-refractivity contribution in [2.75, 3.05) is 0 Å². The molecule has 0 aromatic carbocycles. The van der Waals surface area contributed by atoms with Crippen molar-refractivity contribution in [3.63, 3.8) is 0 Å². The Balaban J connectivity index is 1.57. The van der Waals surface area contributed by atoms with Crippen LogP contribution in [0, 0.1) is 5.92 Å². The highest BCUT2D eigenvalue weighted by molar-refractivity contribution is 5.88. The van der Waals surface area contributed by atoms with Crippen molar-refractivity contribution in [3.05, 3.63) is 18.0 Å². The lowest BCUT2D eigenvalue weighted by Gasteiger charge is -2.36. The van der Waals surface area contributed by atoms with Gasteiger partial charge in [-0.2, -0.15) is 10.2 Å². The van der Waals surface area contributed by atoms with E-state index < -0.39 is 0 Å². The van der Waals surface area contributed by atoms with Gasteiger partial charge in [0, 0.05) is 42.5 Å². The summed E-state index contributed by atoms with van der Waals surface area (Å²) in [6, 6.07) is 3.60. The van der Waals surface area contributed by atoms with Crippen molar-refractivity contribution in [3.8, 4) is 0 Å². The van der Waals surface area contributed by atoms with Crippen molar-refractivity contribution in [1.82, 2.24) is 14.8 Å². The summed E-state index contributed by atoms with van der Waals surface area (Å²) < 4.78 is 2.06. The number of aryl methyl sites for hydroxylation is 1. The summed E-state index contributed by atoms with van der Waals surface area (Å²) in [6.45, 7) is 2.26.